The summed E-state index contributed by atoms with van der Waals surface area (Å²) in [6.07, 6.45) is 2.23. The average molecular weight is 299 g/mol. The van der Waals surface area contributed by atoms with Gasteiger partial charge in [0.15, 0.2) is 0 Å². The number of halogens is 1. The molecule has 1 unspecified atom stereocenters. The molecule has 0 fully saturated rings. The van der Waals surface area contributed by atoms with Crippen LogP contribution in [0.3, 0.4) is 0 Å². The van der Waals surface area contributed by atoms with Crippen LogP contribution in [-0.2, 0) is 4.79 Å². The number of amides is 2. The minimum absolute atomic E-state index is 0.223. The maximum Gasteiger partial charge on any atom is 0.253 e. The first-order chi connectivity index (χ1) is 9.49. The lowest BCUT2D eigenvalue weighted by molar-refractivity contribution is -0.122. The van der Waals surface area contributed by atoms with Gasteiger partial charge < -0.3 is 16.0 Å². The monoisotopic (exact) mass is 298 g/mol. The van der Waals surface area contributed by atoms with Gasteiger partial charge >= 0.3 is 0 Å². The summed E-state index contributed by atoms with van der Waals surface area (Å²) in [7, 11) is 1.69. The normalized spacial score (nSPS) is 11.6. The molecule has 0 bridgehead atoms. The molecule has 0 saturated carbocycles. The van der Waals surface area contributed by atoms with Crippen LogP contribution in [0.1, 0.15) is 30.6 Å². The van der Waals surface area contributed by atoms with Crippen LogP contribution in [0.4, 0.5) is 5.82 Å². The molecule has 20 heavy (non-hydrogen) atoms. The van der Waals surface area contributed by atoms with E-state index in [1.165, 1.54) is 12.3 Å². The van der Waals surface area contributed by atoms with E-state index < -0.39 is 11.9 Å². The van der Waals surface area contributed by atoms with Gasteiger partial charge in [0, 0.05) is 19.8 Å². The number of carbonyl (C=O) groups is 2. The molecule has 7 heteroatoms. The van der Waals surface area contributed by atoms with Gasteiger partial charge in [0.1, 0.15) is 11.9 Å². The minimum Gasteiger partial charge on any atom is -0.373 e. The molecule has 0 aromatic carbocycles. The third-order valence-corrected chi connectivity index (χ3v) is 2.95. The lowest BCUT2D eigenvalue weighted by atomic mass is 10.2. The van der Waals surface area contributed by atoms with Crippen molar-refractivity contribution in [1.29, 1.82) is 0 Å². The number of rotatable bonds is 6. The second kappa shape index (κ2) is 7.69. The SMILES string of the molecule is CCCNC(=O)C(C)NC(=O)c1cc(NC)ncc1Cl. The van der Waals surface area contributed by atoms with Gasteiger partial charge in [-0.1, -0.05) is 18.5 Å². The Morgan fingerprint density at radius 2 is 2.15 bits per heavy atom. The van der Waals surface area contributed by atoms with Crippen LogP contribution in [-0.4, -0.2) is 36.4 Å². The molecule has 0 radical (unpaired) electrons. The highest BCUT2D eigenvalue weighted by Gasteiger charge is 2.18. The average Bonchev–Trinajstić information content (AvgIpc) is 2.44. The van der Waals surface area contributed by atoms with Gasteiger partial charge in [0.2, 0.25) is 5.91 Å². The van der Waals surface area contributed by atoms with E-state index in [0.29, 0.717) is 12.4 Å². The topological polar surface area (TPSA) is 83.1 Å². The Labute approximate surface area is 123 Å². The number of nitrogens with zero attached hydrogens (tertiary/aromatic N) is 1. The van der Waals surface area contributed by atoms with E-state index in [1.54, 1.807) is 14.0 Å². The predicted molar refractivity (Wildman–Crippen MR) is 79.0 cm³/mol. The van der Waals surface area contributed by atoms with Crippen molar-refractivity contribution in [2.24, 2.45) is 0 Å². The van der Waals surface area contributed by atoms with E-state index >= 15 is 0 Å². The molecule has 1 atom stereocenters. The van der Waals surface area contributed by atoms with E-state index in [-0.39, 0.29) is 16.5 Å². The summed E-state index contributed by atoms with van der Waals surface area (Å²) >= 11 is 5.94. The summed E-state index contributed by atoms with van der Waals surface area (Å²) < 4.78 is 0. The Morgan fingerprint density at radius 3 is 2.75 bits per heavy atom. The number of carbonyl (C=O) groups excluding carboxylic acids is 2. The zero-order chi connectivity index (χ0) is 15.1. The molecule has 0 saturated heterocycles. The van der Waals surface area contributed by atoms with E-state index in [4.69, 9.17) is 11.6 Å². The summed E-state index contributed by atoms with van der Waals surface area (Å²) in [4.78, 5) is 27.8. The lowest BCUT2D eigenvalue weighted by Gasteiger charge is -2.14. The van der Waals surface area contributed by atoms with Crippen LogP contribution >= 0.6 is 11.6 Å². The summed E-state index contributed by atoms with van der Waals surface area (Å²) in [5.41, 5.74) is 0.279. The zero-order valence-corrected chi connectivity index (χ0v) is 12.5. The number of pyridine rings is 1. The van der Waals surface area contributed by atoms with Gasteiger partial charge in [-0.3, -0.25) is 9.59 Å². The first-order valence-corrected chi connectivity index (χ1v) is 6.79. The van der Waals surface area contributed by atoms with Crippen molar-refractivity contribution in [3.8, 4) is 0 Å². The van der Waals surface area contributed by atoms with E-state index in [9.17, 15) is 9.59 Å². The predicted octanol–water partition coefficient (Wildman–Crippen LogP) is 1.42. The van der Waals surface area contributed by atoms with Gasteiger partial charge in [-0.25, -0.2) is 4.98 Å². The number of hydrogen-bond donors (Lipinski definition) is 3. The van der Waals surface area contributed by atoms with Crippen molar-refractivity contribution in [2.75, 3.05) is 18.9 Å². The van der Waals surface area contributed by atoms with Gasteiger partial charge in [-0.2, -0.15) is 0 Å². The molecule has 0 spiro atoms. The van der Waals surface area contributed by atoms with Crippen LogP contribution in [0, 0.1) is 0 Å². The Kier molecular flexibility index (Phi) is 6.24. The minimum atomic E-state index is -0.628. The van der Waals surface area contributed by atoms with E-state index in [1.807, 2.05) is 6.92 Å². The highest BCUT2D eigenvalue weighted by Crippen LogP contribution is 2.17. The summed E-state index contributed by atoms with van der Waals surface area (Å²) in [6.45, 7) is 4.16. The van der Waals surface area contributed by atoms with Crippen LogP contribution in [0.5, 0.6) is 0 Å². The molecule has 0 aliphatic carbocycles. The highest BCUT2D eigenvalue weighted by molar-refractivity contribution is 6.33. The molecule has 1 aromatic rings. The fourth-order valence-corrected chi connectivity index (χ4v) is 1.68. The molecule has 0 aliphatic heterocycles. The molecule has 0 aliphatic rings. The van der Waals surface area contributed by atoms with Gasteiger partial charge in [0.25, 0.3) is 5.91 Å². The van der Waals surface area contributed by atoms with Crippen LogP contribution in [0.15, 0.2) is 12.3 Å². The van der Waals surface area contributed by atoms with E-state index in [2.05, 4.69) is 20.9 Å². The van der Waals surface area contributed by atoms with Crippen LogP contribution in [0.2, 0.25) is 5.02 Å². The van der Waals surface area contributed by atoms with Crippen LogP contribution in [0.25, 0.3) is 0 Å². The third-order valence-electron chi connectivity index (χ3n) is 2.65. The Balaban J connectivity index is 2.73. The maximum absolute atomic E-state index is 12.1. The van der Waals surface area contributed by atoms with Crippen molar-refractivity contribution in [3.05, 3.63) is 22.8 Å². The van der Waals surface area contributed by atoms with Gasteiger partial charge in [0.05, 0.1) is 10.6 Å². The molecule has 3 N–H and O–H groups in total. The Bertz CT molecular complexity index is 493. The second-order valence-electron chi connectivity index (χ2n) is 4.29. The van der Waals surface area contributed by atoms with Crippen molar-refractivity contribution in [3.63, 3.8) is 0 Å². The van der Waals surface area contributed by atoms with Crippen molar-refractivity contribution >= 4 is 29.2 Å². The van der Waals surface area contributed by atoms with Crippen LogP contribution < -0.4 is 16.0 Å². The number of hydrogen-bond acceptors (Lipinski definition) is 4. The zero-order valence-electron chi connectivity index (χ0n) is 11.8. The molecule has 1 heterocycles. The largest absolute Gasteiger partial charge is 0.373 e. The summed E-state index contributed by atoms with van der Waals surface area (Å²) in [5, 5.41) is 8.38. The molecule has 6 nitrogen and oxygen atoms in total. The smallest absolute Gasteiger partial charge is 0.253 e. The second-order valence-corrected chi connectivity index (χ2v) is 4.69. The first-order valence-electron chi connectivity index (χ1n) is 6.41. The van der Waals surface area contributed by atoms with Crippen molar-refractivity contribution in [2.45, 2.75) is 26.3 Å². The molecule has 1 rings (SSSR count). The summed E-state index contributed by atoms with van der Waals surface area (Å²) in [5.74, 6) is -0.102. The Morgan fingerprint density at radius 1 is 1.45 bits per heavy atom. The lowest BCUT2D eigenvalue weighted by Crippen LogP contribution is -2.45. The highest BCUT2D eigenvalue weighted by atomic mass is 35.5. The molecular formula is C13H19ClN4O2. The Hall–Kier alpha value is -1.82. The fourth-order valence-electron chi connectivity index (χ4n) is 1.49. The molecule has 110 valence electrons. The van der Waals surface area contributed by atoms with E-state index in [0.717, 1.165) is 6.42 Å². The van der Waals surface area contributed by atoms with Gasteiger partial charge in [-0.15, -0.1) is 0 Å². The number of nitrogens with one attached hydrogen (secondary N) is 3. The first kappa shape index (κ1) is 16.2. The van der Waals surface area contributed by atoms with Gasteiger partial charge in [-0.05, 0) is 19.4 Å². The van der Waals surface area contributed by atoms with Crippen molar-refractivity contribution in [1.82, 2.24) is 15.6 Å². The number of anilines is 1. The molecule has 2 amide bonds. The third kappa shape index (κ3) is 4.38. The number of aromatic nitrogens is 1. The maximum atomic E-state index is 12.1. The fraction of sp³-hybridized carbons (Fsp3) is 0.462. The summed E-state index contributed by atoms with van der Waals surface area (Å²) in [6, 6.07) is 0.908. The quantitative estimate of drug-likeness (QED) is 0.742. The van der Waals surface area contributed by atoms with Crippen molar-refractivity contribution < 1.29 is 9.59 Å². The molecular weight excluding hydrogens is 280 g/mol. The standard InChI is InChI=1S/C13H19ClN4O2/c1-4-5-16-12(19)8(2)18-13(20)9-6-11(15-3)17-7-10(9)14/h6-8H,4-5H2,1-3H3,(H,15,17)(H,16,19)(H,18,20). The molecule has 1 aromatic heterocycles.